The number of hydrogen-bond acceptors (Lipinski definition) is 4. The molecule has 0 aromatic heterocycles. The minimum Gasteiger partial charge on any atom is -0.373 e. The number of benzene rings is 1. The number of sulfonamides is 1. The maximum atomic E-state index is 12.8. The molecule has 2 rings (SSSR count). The van der Waals surface area contributed by atoms with E-state index in [0.29, 0.717) is 24.5 Å². The van der Waals surface area contributed by atoms with Gasteiger partial charge in [0.1, 0.15) is 0 Å². The van der Waals surface area contributed by atoms with Crippen LogP contribution in [0.1, 0.15) is 31.9 Å². The summed E-state index contributed by atoms with van der Waals surface area (Å²) in [4.78, 5) is 0.321. The maximum absolute atomic E-state index is 12.8. The van der Waals surface area contributed by atoms with E-state index in [1.54, 1.807) is 12.1 Å². The van der Waals surface area contributed by atoms with Crippen molar-refractivity contribution in [2.24, 2.45) is 5.73 Å². The monoisotopic (exact) mass is 312 g/mol. The second kappa shape index (κ2) is 6.44. The number of nitrogens with two attached hydrogens (primary N) is 1. The van der Waals surface area contributed by atoms with Crippen molar-refractivity contribution in [3.8, 4) is 0 Å². The van der Waals surface area contributed by atoms with Crippen molar-refractivity contribution in [2.75, 3.05) is 13.1 Å². The molecule has 1 aromatic rings. The lowest BCUT2D eigenvalue weighted by atomic mass is 10.1. The number of nitrogens with zero attached hydrogens (tertiary/aromatic N) is 1. The zero-order chi connectivity index (χ0) is 15.6. The molecule has 1 aromatic carbocycles. The van der Waals surface area contributed by atoms with Crippen LogP contribution in [0.25, 0.3) is 0 Å². The SMILES string of the molecule is CCc1ccc(S(=O)(=O)N2C[C@@H](C)O[C@@H](C)C2)cc1CN. The van der Waals surface area contributed by atoms with Crippen LogP contribution in [0.5, 0.6) is 0 Å². The van der Waals surface area contributed by atoms with E-state index in [9.17, 15) is 8.42 Å². The van der Waals surface area contributed by atoms with Crippen LogP contribution in [0.2, 0.25) is 0 Å². The van der Waals surface area contributed by atoms with Gasteiger partial charge in [-0.2, -0.15) is 4.31 Å². The molecule has 2 N–H and O–H groups in total. The minimum atomic E-state index is -3.49. The molecule has 1 saturated heterocycles. The third-order valence-corrected chi connectivity index (χ3v) is 5.63. The molecule has 21 heavy (non-hydrogen) atoms. The van der Waals surface area contributed by atoms with E-state index >= 15 is 0 Å². The van der Waals surface area contributed by atoms with Crippen LogP contribution in [0.15, 0.2) is 23.1 Å². The van der Waals surface area contributed by atoms with Crippen molar-refractivity contribution >= 4 is 10.0 Å². The van der Waals surface area contributed by atoms with Crippen LogP contribution in [0.3, 0.4) is 0 Å². The summed E-state index contributed by atoms with van der Waals surface area (Å²) in [6.45, 7) is 6.95. The second-order valence-corrected chi connectivity index (χ2v) is 7.51. The summed E-state index contributed by atoms with van der Waals surface area (Å²) in [6, 6.07) is 5.25. The summed E-state index contributed by atoms with van der Waals surface area (Å²) in [5.41, 5.74) is 7.73. The lowest BCUT2D eigenvalue weighted by Gasteiger charge is -2.34. The van der Waals surface area contributed by atoms with Gasteiger partial charge >= 0.3 is 0 Å². The number of hydrogen-bond donors (Lipinski definition) is 1. The zero-order valence-electron chi connectivity index (χ0n) is 12.9. The third-order valence-electron chi connectivity index (χ3n) is 3.80. The molecule has 1 aliphatic heterocycles. The van der Waals surface area contributed by atoms with E-state index in [1.807, 2.05) is 26.8 Å². The smallest absolute Gasteiger partial charge is 0.243 e. The summed E-state index contributed by atoms with van der Waals surface area (Å²) < 4.78 is 32.7. The first-order valence-electron chi connectivity index (χ1n) is 7.36. The fourth-order valence-corrected chi connectivity index (χ4v) is 4.42. The maximum Gasteiger partial charge on any atom is 0.243 e. The first-order valence-corrected chi connectivity index (χ1v) is 8.80. The van der Waals surface area contributed by atoms with Gasteiger partial charge in [0.05, 0.1) is 17.1 Å². The highest BCUT2D eigenvalue weighted by Crippen LogP contribution is 2.23. The Morgan fingerprint density at radius 3 is 2.38 bits per heavy atom. The Hall–Kier alpha value is -0.950. The van der Waals surface area contributed by atoms with Crippen molar-refractivity contribution in [1.82, 2.24) is 4.31 Å². The summed E-state index contributed by atoms with van der Waals surface area (Å²) in [7, 11) is -3.49. The molecule has 0 saturated carbocycles. The molecule has 0 bridgehead atoms. The Kier molecular flexibility index (Phi) is 5.03. The normalized spacial score (nSPS) is 24.2. The summed E-state index contributed by atoms with van der Waals surface area (Å²) in [5.74, 6) is 0. The summed E-state index contributed by atoms with van der Waals surface area (Å²) >= 11 is 0. The molecule has 1 fully saturated rings. The zero-order valence-corrected chi connectivity index (χ0v) is 13.7. The topological polar surface area (TPSA) is 72.6 Å². The summed E-state index contributed by atoms with van der Waals surface area (Å²) in [6.07, 6.45) is 0.665. The van der Waals surface area contributed by atoms with Gasteiger partial charge in [-0.25, -0.2) is 8.42 Å². The van der Waals surface area contributed by atoms with Gasteiger partial charge in [-0.05, 0) is 43.5 Å². The van der Waals surface area contributed by atoms with E-state index in [1.165, 1.54) is 4.31 Å². The van der Waals surface area contributed by atoms with Gasteiger partial charge in [-0.1, -0.05) is 13.0 Å². The highest BCUT2D eigenvalue weighted by molar-refractivity contribution is 7.89. The lowest BCUT2D eigenvalue weighted by molar-refractivity contribution is -0.0440. The molecular weight excluding hydrogens is 288 g/mol. The van der Waals surface area contributed by atoms with Gasteiger partial charge in [0.15, 0.2) is 0 Å². The van der Waals surface area contributed by atoms with E-state index in [-0.39, 0.29) is 12.2 Å². The van der Waals surface area contributed by atoms with Crippen LogP contribution >= 0.6 is 0 Å². The van der Waals surface area contributed by atoms with E-state index in [0.717, 1.165) is 17.5 Å². The Labute approximate surface area is 127 Å². The largest absolute Gasteiger partial charge is 0.373 e. The van der Waals surface area contributed by atoms with Crippen LogP contribution < -0.4 is 5.73 Å². The molecule has 0 unspecified atom stereocenters. The van der Waals surface area contributed by atoms with Crippen LogP contribution in [-0.4, -0.2) is 38.0 Å². The van der Waals surface area contributed by atoms with Crippen molar-refractivity contribution < 1.29 is 13.2 Å². The summed E-state index contributed by atoms with van der Waals surface area (Å²) in [5, 5.41) is 0. The van der Waals surface area contributed by atoms with Gasteiger partial charge in [-0.15, -0.1) is 0 Å². The van der Waals surface area contributed by atoms with Gasteiger partial charge in [-0.3, -0.25) is 0 Å². The quantitative estimate of drug-likeness (QED) is 0.914. The minimum absolute atomic E-state index is 0.0904. The third kappa shape index (κ3) is 3.45. The number of morpholine rings is 1. The highest BCUT2D eigenvalue weighted by Gasteiger charge is 2.32. The average molecular weight is 312 g/mol. The molecule has 6 heteroatoms. The Morgan fingerprint density at radius 2 is 1.86 bits per heavy atom. The molecule has 2 atom stereocenters. The van der Waals surface area contributed by atoms with Crippen molar-refractivity contribution in [1.29, 1.82) is 0 Å². The predicted molar refractivity (Wildman–Crippen MR) is 82.5 cm³/mol. The standard InChI is InChI=1S/C15H24N2O3S/c1-4-13-5-6-15(7-14(13)8-16)21(18,19)17-9-11(2)20-12(3)10-17/h5-7,11-12H,4,8-10,16H2,1-3H3/t11-,12+. The van der Waals surface area contributed by atoms with Crippen molar-refractivity contribution in [3.63, 3.8) is 0 Å². The molecule has 118 valence electrons. The van der Waals surface area contributed by atoms with Gasteiger partial charge < -0.3 is 10.5 Å². The average Bonchev–Trinajstić information content (AvgIpc) is 2.45. The van der Waals surface area contributed by atoms with Crippen LogP contribution in [0, 0.1) is 0 Å². The Morgan fingerprint density at radius 1 is 1.24 bits per heavy atom. The van der Waals surface area contributed by atoms with Gasteiger partial charge in [0, 0.05) is 19.6 Å². The van der Waals surface area contributed by atoms with Crippen LogP contribution in [-0.2, 0) is 27.7 Å². The van der Waals surface area contributed by atoms with E-state index < -0.39 is 10.0 Å². The molecule has 0 radical (unpaired) electrons. The molecule has 1 aliphatic rings. The fraction of sp³-hybridized carbons (Fsp3) is 0.600. The Bertz CT molecular complexity index is 591. The van der Waals surface area contributed by atoms with Gasteiger partial charge in [0.25, 0.3) is 0 Å². The molecule has 5 nitrogen and oxygen atoms in total. The number of rotatable bonds is 4. The Balaban J connectivity index is 2.35. The highest BCUT2D eigenvalue weighted by atomic mass is 32.2. The fourth-order valence-electron chi connectivity index (χ4n) is 2.77. The van der Waals surface area contributed by atoms with Crippen molar-refractivity contribution in [3.05, 3.63) is 29.3 Å². The van der Waals surface area contributed by atoms with Crippen LogP contribution in [0.4, 0.5) is 0 Å². The molecule has 0 aliphatic carbocycles. The second-order valence-electron chi connectivity index (χ2n) is 5.57. The molecular formula is C15H24N2O3S. The first kappa shape index (κ1) is 16.4. The molecule has 0 amide bonds. The molecule has 0 spiro atoms. The molecule has 1 heterocycles. The van der Waals surface area contributed by atoms with Crippen molar-refractivity contribution in [2.45, 2.75) is 50.8 Å². The van der Waals surface area contributed by atoms with E-state index in [4.69, 9.17) is 10.5 Å². The number of aryl methyl sites for hydroxylation is 1. The predicted octanol–water partition coefficient (Wildman–Crippen LogP) is 1.51. The van der Waals surface area contributed by atoms with E-state index in [2.05, 4.69) is 0 Å². The lowest BCUT2D eigenvalue weighted by Crippen LogP contribution is -2.48. The number of ether oxygens (including phenoxy) is 1. The first-order chi connectivity index (χ1) is 9.88. The van der Waals surface area contributed by atoms with Gasteiger partial charge in [0.2, 0.25) is 10.0 Å².